The summed E-state index contributed by atoms with van der Waals surface area (Å²) >= 11 is 4.72. The van der Waals surface area contributed by atoms with E-state index in [9.17, 15) is 4.79 Å². The van der Waals surface area contributed by atoms with Crippen molar-refractivity contribution in [3.8, 4) is 17.2 Å². The maximum absolute atomic E-state index is 12.5. The van der Waals surface area contributed by atoms with Crippen LogP contribution < -0.4 is 14.2 Å². The molecular formula is C14H13BrO4S. The van der Waals surface area contributed by atoms with Crippen molar-refractivity contribution in [3.05, 3.63) is 38.5 Å². The molecule has 0 aliphatic rings. The van der Waals surface area contributed by atoms with Crippen LogP contribution in [0.2, 0.25) is 0 Å². The van der Waals surface area contributed by atoms with Crippen LogP contribution >= 0.6 is 27.3 Å². The highest BCUT2D eigenvalue weighted by Gasteiger charge is 2.20. The molecule has 0 radical (unpaired) electrons. The molecule has 0 N–H and O–H groups in total. The zero-order chi connectivity index (χ0) is 14.7. The number of ether oxygens (including phenoxy) is 3. The van der Waals surface area contributed by atoms with Gasteiger partial charge in [0, 0.05) is 6.07 Å². The van der Waals surface area contributed by atoms with Gasteiger partial charge in [0.1, 0.15) is 5.75 Å². The molecule has 2 rings (SSSR count). The van der Waals surface area contributed by atoms with Gasteiger partial charge in [0.25, 0.3) is 0 Å². The minimum atomic E-state index is -0.112. The fraction of sp³-hybridized carbons (Fsp3) is 0.214. The normalized spacial score (nSPS) is 10.2. The highest BCUT2D eigenvalue weighted by molar-refractivity contribution is 9.11. The van der Waals surface area contributed by atoms with Crippen molar-refractivity contribution in [1.82, 2.24) is 0 Å². The van der Waals surface area contributed by atoms with Gasteiger partial charge in [-0.1, -0.05) is 0 Å². The van der Waals surface area contributed by atoms with Gasteiger partial charge in [0.05, 0.1) is 35.6 Å². The first-order valence-electron chi connectivity index (χ1n) is 5.70. The lowest BCUT2D eigenvalue weighted by molar-refractivity contribution is 0.103. The Morgan fingerprint density at radius 1 is 1.00 bits per heavy atom. The summed E-state index contributed by atoms with van der Waals surface area (Å²) in [4.78, 5) is 13.1. The van der Waals surface area contributed by atoms with E-state index in [-0.39, 0.29) is 5.78 Å². The fourth-order valence-corrected chi connectivity index (χ4v) is 3.12. The Bertz CT molecular complexity index is 636. The van der Waals surface area contributed by atoms with E-state index in [0.29, 0.717) is 27.7 Å². The van der Waals surface area contributed by atoms with Crippen molar-refractivity contribution in [2.24, 2.45) is 0 Å². The third-order valence-corrected chi connectivity index (χ3v) is 4.37. The summed E-state index contributed by atoms with van der Waals surface area (Å²) in [6, 6.07) is 6.89. The van der Waals surface area contributed by atoms with Gasteiger partial charge in [-0.3, -0.25) is 4.79 Å². The molecular weight excluding hydrogens is 344 g/mol. The standard InChI is InChI=1S/C14H13BrO4S/c1-17-9-7-11(19-3)10(18-2)6-8(9)14(16)12-4-5-13(15)20-12/h4-7H,1-3H3. The van der Waals surface area contributed by atoms with Crippen LogP contribution in [0.15, 0.2) is 28.1 Å². The molecule has 0 saturated carbocycles. The maximum Gasteiger partial charge on any atom is 0.206 e. The maximum atomic E-state index is 12.5. The van der Waals surface area contributed by atoms with Crippen LogP contribution in [0.25, 0.3) is 0 Å². The van der Waals surface area contributed by atoms with E-state index in [0.717, 1.165) is 3.79 Å². The molecule has 1 aromatic carbocycles. The van der Waals surface area contributed by atoms with Crippen LogP contribution in [0.4, 0.5) is 0 Å². The lowest BCUT2D eigenvalue weighted by Crippen LogP contribution is -2.04. The van der Waals surface area contributed by atoms with Gasteiger partial charge in [-0.15, -0.1) is 11.3 Å². The second-order valence-electron chi connectivity index (χ2n) is 3.84. The summed E-state index contributed by atoms with van der Waals surface area (Å²) in [5.74, 6) is 1.36. The predicted octanol–water partition coefficient (Wildman–Crippen LogP) is 3.77. The average molecular weight is 357 g/mol. The molecule has 0 bridgehead atoms. The van der Waals surface area contributed by atoms with Crippen LogP contribution in [-0.2, 0) is 0 Å². The number of halogens is 1. The van der Waals surface area contributed by atoms with Gasteiger partial charge in [-0.2, -0.15) is 0 Å². The molecule has 0 saturated heterocycles. The van der Waals surface area contributed by atoms with Crippen molar-refractivity contribution in [3.63, 3.8) is 0 Å². The number of ketones is 1. The second kappa shape index (κ2) is 6.28. The first kappa shape index (κ1) is 14.9. The van der Waals surface area contributed by atoms with E-state index < -0.39 is 0 Å². The number of rotatable bonds is 5. The molecule has 1 aromatic heterocycles. The molecule has 20 heavy (non-hydrogen) atoms. The average Bonchev–Trinajstić information content (AvgIpc) is 2.91. The van der Waals surface area contributed by atoms with E-state index in [4.69, 9.17) is 14.2 Å². The molecule has 0 aliphatic heterocycles. The van der Waals surface area contributed by atoms with Crippen LogP contribution in [0.3, 0.4) is 0 Å². The highest BCUT2D eigenvalue weighted by Crippen LogP contribution is 2.36. The van der Waals surface area contributed by atoms with Crippen LogP contribution in [0.1, 0.15) is 15.2 Å². The highest BCUT2D eigenvalue weighted by atomic mass is 79.9. The Labute approximate surface area is 129 Å². The summed E-state index contributed by atoms with van der Waals surface area (Å²) in [6.07, 6.45) is 0. The second-order valence-corrected chi connectivity index (χ2v) is 6.30. The zero-order valence-corrected chi connectivity index (χ0v) is 13.6. The SMILES string of the molecule is COc1cc(OC)c(C(=O)c2ccc(Br)s2)cc1OC. The number of carbonyl (C=O) groups excluding carboxylic acids is 1. The van der Waals surface area contributed by atoms with Gasteiger partial charge < -0.3 is 14.2 Å². The van der Waals surface area contributed by atoms with Crippen molar-refractivity contribution in [2.75, 3.05) is 21.3 Å². The Morgan fingerprint density at radius 3 is 2.10 bits per heavy atom. The summed E-state index contributed by atoms with van der Waals surface area (Å²) in [5.41, 5.74) is 0.444. The topological polar surface area (TPSA) is 44.8 Å². The number of hydrogen-bond donors (Lipinski definition) is 0. The number of benzene rings is 1. The molecule has 0 spiro atoms. The Morgan fingerprint density at radius 2 is 1.60 bits per heavy atom. The molecule has 106 valence electrons. The van der Waals surface area contributed by atoms with E-state index in [2.05, 4.69) is 15.9 Å². The Kier molecular flexibility index (Phi) is 4.67. The van der Waals surface area contributed by atoms with E-state index >= 15 is 0 Å². The summed E-state index contributed by atoms with van der Waals surface area (Å²) in [7, 11) is 4.58. The summed E-state index contributed by atoms with van der Waals surface area (Å²) < 4.78 is 16.6. The monoisotopic (exact) mass is 356 g/mol. The first-order chi connectivity index (χ1) is 9.60. The van der Waals surface area contributed by atoms with Gasteiger partial charge in [-0.25, -0.2) is 0 Å². The Balaban J connectivity index is 2.52. The molecule has 0 atom stereocenters. The predicted molar refractivity (Wildman–Crippen MR) is 81.5 cm³/mol. The summed E-state index contributed by atoms with van der Waals surface area (Å²) in [6.45, 7) is 0. The molecule has 2 aromatic rings. The molecule has 1 heterocycles. The molecule has 0 amide bonds. The van der Waals surface area contributed by atoms with Crippen molar-refractivity contribution in [2.45, 2.75) is 0 Å². The molecule has 0 fully saturated rings. The largest absolute Gasteiger partial charge is 0.496 e. The van der Waals surface area contributed by atoms with Crippen molar-refractivity contribution < 1.29 is 19.0 Å². The van der Waals surface area contributed by atoms with Gasteiger partial charge in [0.2, 0.25) is 5.78 Å². The Hall–Kier alpha value is -1.53. The van der Waals surface area contributed by atoms with Crippen molar-refractivity contribution >= 4 is 33.0 Å². The number of methoxy groups -OCH3 is 3. The number of thiophene rings is 1. The molecule has 0 aliphatic carbocycles. The minimum absolute atomic E-state index is 0.112. The summed E-state index contributed by atoms with van der Waals surface area (Å²) in [5, 5.41) is 0. The quantitative estimate of drug-likeness (QED) is 0.765. The molecule has 6 heteroatoms. The number of hydrogen-bond acceptors (Lipinski definition) is 5. The van der Waals surface area contributed by atoms with Crippen LogP contribution in [0.5, 0.6) is 17.2 Å². The lowest BCUT2D eigenvalue weighted by atomic mass is 10.1. The van der Waals surface area contributed by atoms with E-state index in [1.807, 2.05) is 6.07 Å². The smallest absolute Gasteiger partial charge is 0.206 e. The molecule has 4 nitrogen and oxygen atoms in total. The molecule has 0 unspecified atom stereocenters. The third kappa shape index (κ3) is 2.81. The van der Waals surface area contributed by atoms with Crippen molar-refractivity contribution in [1.29, 1.82) is 0 Å². The number of carbonyl (C=O) groups is 1. The van der Waals surface area contributed by atoms with E-state index in [1.165, 1.54) is 32.7 Å². The van der Waals surface area contributed by atoms with Gasteiger partial charge >= 0.3 is 0 Å². The fourth-order valence-electron chi connectivity index (χ4n) is 1.78. The first-order valence-corrected chi connectivity index (χ1v) is 7.31. The van der Waals surface area contributed by atoms with E-state index in [1.54, 1.807) is 18.2 Å². The van der Waals surface area contributed by atoms with Gasteiger partial charge in [-0.05, 0) is 34.1 Å². The lowest BCUT2D eigenvalue weighted by Gasteiger charge is -2.12. The minimum Gasteiger partial charge on any atom is -0.496 e. The zero-order valence-electron chi connectivity index (χ0n) is 11.2. The van der Waals surface area contributed by atoms with Gasteiger partial charge in [0.15, 0.2) is 11.5 Å². The van der Waals surface area contributed by atoms with Crippen LogP contribution in [-0.4, -0.2) is 27.1 Å². The van der Waals surface area contributed by atoms with Crippen LogP contribution in [0, 0.1) is 0 Å². The third-order valence-electron chi connectivity index (χ3n) is 2.75.